The third-order valence-corrected chi connectivity index (χ3v) is 12.8. The van der Waals surface area contributed by atoms with Gasteiger partial charge < -0.3 is 9.74 Å². The van der Waals surface area contributed by atoms with Crippen molar-refractivity contribution in [1.29, 1.82) is 0 Å². The molecule has 5 rings (SSSR count). The van der Waals surface area contributed by atoms with Crippen molar-refractivity contribution in [2.45, 2.75) is 38.8 Å². The third kappa shape index (κ3) is 7.25. The average Bonchev–Trinajstić information content (AvgIpc) is 3.47. The van der Waals surface area contributed by atoms with Gasteiger partial charge in [0.15, 0.2) is 5.82 Å². The van der Waals surface area contributed by atoms with Crippen LogP contribution in [0.2, 0.25) is 10.1 Å². The molecule has 0 spiro atoms. The maximum absolute atomic E-state index is 13.1. The van der Waals surface area contributed by atoms with Gasteiger partial charge in [-0.1, -0.05) is 105 Å². The minimum atomic E-state index is -2.73. The van der Waals surface area contributed by atoms with Crippen LogP contribution in [0, 0.1) is 0 Å². The van der Waals surface area contributed by atoms with Crippen LogP contribution >= 0.6 is 11.6 Å². The molecule has 0 aliphatic carbocycles. The Bertz CT molecular complexity index is 1690. The zero-order valence-corrected chi connectivity index (χ0v) is 27.8. The van der Waals surface area contributed by atoms with E-state index in [2.05, 4.69) is 95.6 Å². The second-order valence-electron chi connectivity index (χ2n) is 12.0. The standard InChI is InChI=1S/C34H38ClN7O2Si/c1-24(23-44-45(34(2,3)4,28-12-8-6-9-13-28)29-14-10-7-11-15-29)38-33(43)41-40-32-31(26-20-37-42(5)22-26)39-30(21-36-32)25-16-18-27(35)19-17-25/h6-22,24H,23H2,1-5H3,(H,36,40)(H2,38,41,43). The van der Waals surface area contributed by atoms with E-state index in [9.17, 15) is 4.79 Å². The van der Waals surface area contributed by atoms with E-state index >= 15 is 0 Å². The molecule has 0 saturated heterocycles. The molecule has 3 N–H and O–H groups in total. The summed E-state index contributed by atoms with van der Waals surface area (Å²) in [5, 5.41) is 10.1. The van der Waals surface area contributed by atoms with Crippen molar-refractivity contribution in [3.63, 3.8) is 0 Å². The molecule has 9 nitrogen and oxygen atoms in total. The highest BCUT2D eigenvalue weighted by Crippen LogP contribution is 2.36. The van der Waals surface area contributed by atoms with Gasteiger partial charge in [-0.15, -0.1) is 0 Å². The number of benzene rings is 3. The monoisotopic (exact) mass is 639 g/mol. The van der Waals surface area contributed by atoms with E-state index < -0.39 is 14.3 Å². The molecule has 0 radical (unpaired) electrons. The largest absolute Gasteiger partial charge is 0.405 e. The lowest BCUT2D eigenvalue weighted by Crippen LogP contribution is -2.67. The number of anilines is 1. The fraction of sp³-hybridized carbons (Fsp3) is 0.235. The number of nitrogens with zero attached hydrogens (tertiary/aromatic N) is 4. The van der Waals surface area contributed by atoms with E-state index in [1.165, 1.54) is 10.4 Å². The summed E-state index contributed by atoms with van der Waals surface area (Å²) in [6.45, 7) is 8.95. The highest BCUT2D eigenvalue weighted by atomic mass is 35.5. The summed E-state index contributed by atoms with van der Waals surface area (Å²) in [5.74, 6) is 0.382. The van der Waals surface area contributed by atoms with Crippen molar-refractivity contribution >= 4 is 42.1 Å². The molecule has 5 aromatic rings. The van der Waals surface area contributed by atoms with Crippen LogP contribution in [0.3, 0.4) is 0 Å². The van der Waals surface area contributed by atoms with Crippen LogP contribution in [0.5, 0.6) is 0 Å². The normalized spacial score (nSPS) is 12.4. The van der Waals surface area contributed by atoms with E-state index in [-0.39, 0.29) is 11.1 Å². The van der Waals surface area contributed by atoms with E-state index in [1.807, 2.05) is 44.4 Å². The molecule has 2 amide bonds. The minimum Gasteiger partial charge on any atom is -0.405 e. The SMILES string of the molecule is CC(CO[Si](c1ccccc1)(c1ccccc1)C(C)(C)C)NC(=O)NNc1ncc(-c2ccc(Cl)cc2)nc1-c1cnn(C)c1. The lowest BCUT2D eigenvalue weighted by Gasteiger charge is -2.43. The highest BCUT2D eigenvalue weighted by Gasteiger charge is 2.50. The lowest BCUT2D eigenvalue weighted by molar-refractivity contribution is 0.225. The first-order chi connectivity index (χ1) is 21.6. The van der Waals surface area contributed by atoms with Crippen LogP contribution in [0.1, 0.15) is 27.7 Å². The quantitative estimate of drug-likeness (QED) is 0.132. The van der Waals surface area contributed by atoms with Crippen LogP contribution in [-0.2, 0) is 11.5 Å². The van der Waals surface area contributed by atoms with Crippen LogP contribution in [-0.4, -0.2) is 46.7 Å². The number of hydrazine groups is 1. The number of nitrogens with one attached hydrogen (secondary N) is 3. The number of carbonyl (C=O) groups excluding carboxylic acids is 1. The molecule has 0 aliphatic heterocycles. The third-order valence-electron chi connectivity index (χ3n) is 7.53. The van der Waals surface area contributed by atoms with E-state index in [0.717, 1.165) is 11.1 Å². The van der Waals surface area contributed by atoms with Gasteiger partial charge >= 0.3 is 6.03 Å². The average molecular weight is 640 g/mol. The summed E-state index contributed by atoms with van der Waals surface area (Å²) in [5.41, 5.74) is 8.46. The van der Waals surface area contributed by atoms with E-state index in [4.69, 9.17) is 21.0 Å². The van der Waals surface area contributed by atoms with Gasteiger partial charge in [-0.05, 0) is 34.5 Å². The lowest BCUT2D eigenvalue weighted by atomic mass is 10.1. The van der Waals surface area contributed by atoms with Gasteiger partial charge in [0.25, 0.3) is 8.32 Å². The predicted octanol–water partition coefficient (Wildman–Crippen LogP) is 5.79. The highest BCUT2D eigenvalue weighted by molar-refractivity contribution is 6.99. The van der Waals surface area contributed by atoms with Crippen molar-refractivity contribution < 1.29 is 9.22 Å². The molecule has 0 saturated carbocycles. The molecule has 1 unspecified atom stereocenters. The maximum atomic E-state index is 13.1. The Balaban J connectivity index is 1.30. The minimum absolute atomic E-state index is 0.168. The topological polar surface area (TPSA) is 106 Å². The number of halogens is 1. The Kier molecular flexibility index (Phi) is 9.67. The number of aromatic nitrogens is 4. The maximum Gasteiger partial charge on any atom is 0.333 e. The summed E-state index contributed by atoms with van der Waals surface area (Å²) >= 11 is 6.07. The van der Waals surface area contributed by atoms with E-state index in [0.29, 0.717) is 28.8 Å². The molecule has 2 heterocycles. The first kappa shape index (κ1) is 31.9. The Morgan fingerprint density at radius 3 is 2.11 bits per heavy atom. The summed E-state index contributed by atoms with van der Waals surface area (Å²) in [6.07, 6.45) is 5.18. The van der Waals surface area contributed by atoms with Gasteiger partial charge in [-0.25, -0.2) is 14.8 Å². The number of hydrogen-bond acceptors (Lipinski definition) is 6. The molecule has 0 aliphatic rings. The van der Waals surface area contributed by atoms with Crippen molar-refractivity contribution in [2.75, 3.05) is 12.0 Å². The molecule has 2 aromatic heterocycles. The van der Waals surface area contributed by atoms with Gasteiger partial charge in [0, 0.05) is 35.4 Å². The molecule has 45 heavy (non-hydrogen) atoms. The fourth-order valence-corrected chi connectivity index (χ4v) is 10.2. The smallest absolute Gasteiger partial charge is 0.333 e. The number of amides is 2. The molecule has 232 valence electrons. The predicted molar refractivity (Wildman–Crippen MR) is 183 cm³/mol. The Hall–Kier alpha value is -4.51. The van der Waals surface area contributed by atoms with Crippen molar-refractivity contribution in [2.24, 2.45) is 7.05 Å². The molecule has 3 aromatic carbocycles. The van der Waals surface area contributed by atoms with Crippen LogP contribution in [0.25, 0.3) is 22.5 Å². The Morgan fingerprint density at radius 1 is 0.933 bits per heavy atom. The second kappa shape index (κ2) is 13.6. The van der Waals surface area contributed by atoms with Gasteiger partial charge in [0.1, 0.15) is 5.69 Å². The molecule has 0 bridgehead atoms. The molecule has 0 fully saturated rings. The van der Waals surface area contributed by atoms with Crippen LogP contribution in [0.15, 0.2) is 104 Å². The van der Waals surface area contributed by atoms with Gasteiger partial charge in [0.2, 0.25) is 0 Å². The van der Waals surface area contributed by atoms with Gasteiger partial charge in [0.05, 0.1) is 24.7 Å². The molecular weight excluding hydrogens is 602 g/mol. The van der Waals surface area contributed by atoms with Gasteiger partial charge in [-0.3, -0.25) is 15.5 Å². The summed E-state index contributed by atoms with van der Waals surface area (Å²) < 4.78 is 8.65. The molecular formula is C34H38ClN7O2Si. The Morgan fingerprint density at radius 2 is 1.56 bits per heavy atom. The van der Waals surface area contributed by atoms with Crippen molar-refractivity contribution in [3.05, 3.63) is 109 Å². The van der Waals surface area contributed by atoms with Crippen LogP contribution < -0.4 is 26.5 Å². The Labute approximate surface area is 270 Å². The van der Waals surface area contributed by atoms with Crippen LogP contribution in [0.4, 0.5) is 10.6 Å². The fourth-order valence-electron chi connectivity index (χ4n) is 5.41. The number of carbonyl (C=O) groups is 1. The zero-order chi connectivity index (χ0) is 32.0. The van der Waals surface area contributed by atoms with Crippen molar-refractivity contribution in [3.8, 4) is 22.5 Å². The number of hydrogen-bond donors (Lipinski definition) is 3. The van der Waals surface area contributed by atoms with Gasteiger partial charge in [-0.2, -0.15) is 5.10 Å². The van der Waals surface area contributed by atoms with E-state index in [1.54, 1.807) is 29.2 Å². The summed E-state index contributed by atoms with van der Waals surface area (Å²) in [6, 6.07) is 27.5. The molecule has 11 heteroatoms. The number of aryl methyl sites for hydroxylation is 1. The second-order valence-corrected chi connectivity index (χ2v) is 16.7. The first-order valence-electron chi connectivity index (χ1n) is 14.8. The first-order valence-corrected chi connectivity index (χ1v) is 17.0. The number of urea groups is 1. The molecule has 1 atom stereocenters. The summed E-state index contributed by atoms with van der Waals surface area (Å²) in [4.78, 5) is 22.4. The number of rotatable bonds is 10. The zero-order valence-electron chi connectivity index (χ0n) is 26.1. The van der Waals surface area contributed by atoms with Crippen molar-refractivity contribution in [1.82, 2.24) is 30.5 Å². The summed E-state index contributed by atoms with van der Waals surface area (Å²) in [7, 11) is -0.906.